The second-order valence-corrected chi connectivity index (χ2v) is 6.59. The van der Waals surface area contributed by atoms with Crippen molar-refractivity contribution in [2.45, 2.75) is 52.9 Å². The lowest BCUT2D eigenvalue weighted by Gasteiger charge is -2.37. The molecule has 0 fully saturated rings. The number of hydrogen-bond acceptors (Lipinski definition) is 2. The molecule has 1 aliphatic carbocycles. The van der Waals surface area contributed by atoms with Crippen molar-refractivity contribution < 1.29 is 14.6 Å². The summed E-state index contributed by atoms with van der Waals surface area (Å²) in [6.45, 7) is 7.06. The van der Waals surface area contributed by atoms with E-state index in [1.54, 1.807) is 7.11 Å². The van der Waals surface area contributed by atoms with E-state index in [0.29, 0.717) is 18.9 Å². The molecule has 0 saturated carbocycles. The molecule has 120 valence electrons. The van der Waals surface area contributed by atoms with E-state index in [2.05, 4.69) is 13.8 Å². The summed E-state index contributed by atoms with van der Waals surface area (Å²) in [4.78, 5) is 12.0. The van der Waals surface area contributed by atoms with Crippen LogP contribution >= 0.6 is 0 Å². The summed E-state index contributed by atoms with van der Waals surface area (Å²) in [7, 11) is 1.67. The Bertz CT molecular complexity index is 395. The highest BCUT2D eigenvalue weighted by Gasteiger charge is 2.44. The standard InChI is InChI=1S/C18H30O3/c1-14(2)8-5-6-11-18(17(19)20)12-7-9-15(3)16(18)10-13-21-4/h7,9,12,14,16H,5-6,8,10-11,13H2,1-4H3,(H,19,20). The summed E-state index contributed by atoms with van der Waals surface area (Å²) < 4.78 is 5.18. The maximum atomic E-state index is 12.0. The first-order chi connectivity index (χ1) is 9.94. The number of rotatable bonds is 9. The molecule has 0 aromatic carbocycles. The zero-order valence-corrected chi connectivity index (χ0v) is 13.9. The number of ether oxygens (including phenoxy) is 1. The monoisotopic (exact) mass is 294 g/mol. The van der Waals surface area contributed by atoms with E-state index in [4.69, 9.17) is 4.74 Å². The van der Waals surface area contributed by atoms with E-state index in [1.807, 2.05) is 25.2 Å². The molecule has 1 aliphatic rings. The van der Waals surface area contributed by atoms with Crippen molar-refractivity contribution in [2.75, 3.05) is 13.7 Å². The van der Waals surface area contributed by atoms with Crippen LogP contribution in [0.2, 0.25) is 0 Å². The minimum absolute atomic E-state index is 0.0407. The highest BCUT2D eigenvalue weighted by molar-refractivity contribution is 5.78. The summed E-state index contributed by atoms with van der Waals surface area (Å²) in [5.74, 6) is 0.0226. The first kappa shape index (κ1) is 18.0. The van der Waals surface area contributed by atoms with Gasteiger partial charge in [0.05, 0.1) is 5.41 Å². The SMILES string of the molecule is COCCC1C(C)=CC=CC1(CCCCC(C)C)C(=O)O. The number of allylic oxidation sites excluding steroid dienone is 3. The molecule has 21 heavy (non-hydrogen) atoms. The van der Waals surface area contributed by atoms with E-state index >= 15 is 0 Å². The molecular formula is C18H30O3. The van der Waals surface area contributed by atoms with Crippen LogP contribution < -0.4 is 0 Å². The normalized spacial score (nSPS) is 25.2. The summed E-state index contributed by atoms with van der Waals surface area (Å²) >= 11 is 0. The van der Waals surface area contributed by atoms with Crippen LogP contribution in [0, 0.1) is 17.3 Å². The molecule has 2 atom stereocenters. The number of unbranched alkanes of at least 4 members (excludes halogenated alkanes) is 1. The molecule has 1 N–H and O–H groups in total. The second kappa shape index (κ2) is 8.38. The molecule has 0 amide bonds. The number of hydrogen-bond donors (Lipinski definition) is 1. The molecule has 3 heteroatoms. The molecule has 0 spiro atoms. The van der Waals surface area contributed by atoms with Crippen LogP contribution in [-0.2, 0) is 9.53 Å². The fourth-order valence-corrected chi connectivity index (χ4v) is 3.29. The van der Waals surface area contributed by atoms with Crippen LogP contribution in [-0.4, -0.2) is 24.8 Å². The molecular weight excluding hydrogens is 264 g/mol. The van der Waals surface area contributed by atoms with Gasteiger partial charge >= 0.3 is 5.97 Å². The van der Waals surface area contributed by atoms with Gasteiger partial charge in [0, 0.05) is 19.6 Å². The predicted molar refractivity (Wildman–Crippen MR) is 86.3 cm³/mol. The van der Waals surface area contributed by atoms with Gasteiger partial charge in [0.1, 0.15) is 0 Å². The van der Waals surface area contributed by atoms with Crippen LogP contribution in [0.3, 0.4) is 0 Å². The highest BCUT2D eigenvalue weighted by Crippen LogP contribution is 2.44. The van der Waals surface area contributed by atoms with Gasteiger partial charge in [-0.15, -0.1) is 0 Å². The summed E-state index contributed by atoms with van der Waals surface area (Å²) in [5.41, 5.74) is 0.398. The van der Waals surface area contributed by atoms with E-state index in [1.165, 1.54) is 0 Å². The minimum Gasteiger partial charge on any atom is -0.481 e. The van der Waals surface area contributed by atoms with Crippen LogP contribution in [0.15, 0.2) is 23.8 Å². The van der Waals surface area contributed by atoms with Gasteiger partial charge in [0.15, 0.2) is 0 Å². The Balaban J connectivity index is 2.82. The van der Waals surface area contributed by atoms with Gasteiger partial charge in [0.25, 0.3) is 0 Å². The van der Waals surface area contributed by atoms with E-state index in [0.717, 1.165) is 31.3 Å². The summed E-state index contributed by atoms with van der Waals surface area (Å²) in [5, 5.41) is 9.87. The van der Waals surface area contributed by atoms with Crippen molar-refractivity contribution in [1.29, 1.82) is 0 Å². The molecule has 2 unspecified atom stereocenters. The lowest BCUT2D eigenvalue weighted by atomic mass is 9.65. The number of carbonyl (C=O) groups is 1. The van der Waals surface area contributed by atoms with Crippen molar-refractivity contribution in [2.24, 2.45) is 17.3 Å². The molecule has 0 aromatic rings. The van der Waals surface area contributed by atoms with Gasteiger partial charge in [-0.05, 0) is 25.7 Å². The van der Waals surface area contributed by atoms with Crippen molar-refractivity contribution in [3.05, 3.63) is 23.8 Å². The van der Waals surface area contributed by atoms with Gasteiger partial charge in [-0.3, -0.25) is 4.79 Å². The lowest BCUT2D eigenvalue weighted by Crippen LogP contribution is -2.39. The average Bonchev–Trinajstić information content (AvgIpc) is 2.42. The fraction of sp³-hybridized carbons (Fsp3) is 0.722. The van der Waals surface area contributed by atoms with Crippen molar-refractivity contribution in [1.82, 2.24) is 0 Å². The number of carboxylic acids is 1. The van der Waals surface area contributed by atoms with Gasteiger partial charge in [-0.1, -0.05) is 56.9 Å². The van der Waals surface area contributed by atoms with Gasteiger partial charge < -0.3 is 9.84 Å². The molecule has 0 bridgehead atoms. The Kier molecular flexibility index (Phi) is 7.16. The topological polar surface area (TPSA) is 46.5 Å². The molecule has 1 rings (SSSR count). The maximum absolute atomic E-state index is 12.0. The quantitative estimate of drug-likeness (QED) is 0.639. The van der Waals surface area contributed by atoms with Crippen LogP contribution in [0.1, 0.15) is 52.9 Å². The predicted octanol–water partition coefficient (Wildman–Crippen LogP) is 4.44. The van der Waals surface area contributed by atoms with Gasteiger partial charge in [-0.2, -0.15) is 0 Å². The van der Waals surface area contributed by atoms with E-state index in [9.17, 15) is 9.90 Å². The molecule has 0 saturated heterocycles. The first-order valence-corrected chi connectivity index (χ1v) is 8.02. The minimum atomic E-state index is -0.756. The molecule has 0 radical (unpaired) electrons. The summed E-state index contributed by atoms with van der Waals surface area (Å²) in [6.07, 6.45) is 10.6. The van der Waals surface area contributed by atoms with Crippen molar-refractivity contribution >= 4 is 5.97 Å². The van der Waals surface area contributed by atoms with Crippen molar-refractivity contribution in [3.8, 4) is 0 Å². The molecule has 0 heterocycles. The van der Waals surface area contributed by atoms with Crippen molar-refractivity contribution in [3.63, 3.8) is 0 Å². The Hall–Kier alpha value is -1.09. The van der Waals surface area contributed by atoms with Crippen LogP contribution in [0.25, 0.3) is 0 Å². The van der Waals surface area contributed by atoms with E-state index < -0.39 is 11.4 Å². The number of carboxylic acid groups (broad SMARTS) is 1. The Labute approximate surface area is 129 Å². The first-order valence-electron chi connectivity index (χ1n) is 8.02. The molecule has 0 aromatic heterocycles. The largest absolute Gasteiger partial charge is 0.481 e. The highest BCUT2D eigenvalue weighted by atomic mass is 16.5. The summed E-state index contributed by atoms with van der Waals surface area (Å²) in [6, 6.07) is 0. The lowest BCUT2D eigenvalue weighted by molar-refractivity contribution is -0.149. The number of aliphatic carboxylic acids is 1. The Morgan fingerprint density at radius 2 is 2.14 bits per heavy atom. The van der Waals surface area contributed by atoms with Gasteiger partial charge in [0.2, 0.25) is 0 Å². The third-order valence-electron chi connectivity index (χ3n) is 4.55. The van der Waals surface area contributed by atoms with Gasteiger partial charge in [-0.25, -0.2) is 0 Å². The average molecular weight is 294 g/mol. The Morgan fingerprint density at radius 1 is 1.43 bits per heavy atom. The maximum Gasteiger partial charge on any atom is 0.314 e. The second-order valence-electron chi connectivity index (χ2n) is 6.59. The molecule has 0 aliphatic heterocycles. The molecule has 3 nitrogen and oxygen atoms in total. The van der Waals surface area contributed by atoms with Crippen LogP contribution in [0.5, 0.6) is 0 Å². The third-order valence-corrected chi connectivity index (χ3v) is 4.55. The third kappa shape index (κ3) is 4.70. The smallest absolute Gasteiger partial charge is 0.314 e. The zero-order valence-electron chi connectivity index (χ0n) is 13.9. The number of methoxy groups -OCH3 is 1. The zero-order chi connectivity index (χ0) is 15.9. The Morgan fingerprint density at radius 3 is 2.71 bits per heavy atom. The fourth-order valence-electron chi connectivity index (χ4n) is 3.29. The van der Waals surface area contributed by atoms with E-state index in [-0.39, 0.29) is 5.92 Å². The van der Waals surface area contributed by atoms with Crippen LogP contribution in [0.4, 0.5) is 0 Å².